The molecule has 2 aromatic carbocycles. The number of carbonyl (C=O) groups excluding carboxylic acids is 2. The third kappa shape index (κ3) is 6.58. The standard InChI is InChI=1S/C24H30ClN3O6S/c1-5-16(2)26-24(30)17(3)27(13-18-8-6-7-9-20(18)25)23(29)14-28(35(4,31)32)19-10-11-21-22(12-19)34-15-33-21/h6-12,16-17H,5,13-15H2,1-4H3,(H,26,30)/t16-,17+/m1/s1. The number of amides is 2. The number of hydrogen-bond acceptors (Lipinski definition) is 6. The smallest absolute Gasteiger partial charge is 0.244 e. The topological polar surface area (TPSA) is 105 Å². The summed E-state index contributed by atoms with van der Waals surface area (Å²) in [7, 11) is -3.85. The van der Waals surface area contributed by atoms with Crippen molar-refractivity contribution >= 4 is 39.1 Å². The van der Waals surface area contributed by atoms with E-state index in [1.807, 2.05) is 13.8 Å². The summed E-state index contributed by atoms with van der Waals surface area (Å²) < 4.78 is 37.0. The number of hydrogen-bond donors (Lipinski definition) is 1. The molecule has 0 aromatic heterocycles. The van der Waals surface area contributed by atoms with Crippen molar-refractivity contribution in [3.8, 4) is 11.5 Å². The first-order valence-electron chi connectivity index (χ1n) is 11.2. The van der Waals surface area contributed by atoms with Gasteiger partial charge in [0.05, 0.1) is 11.9 Å². The number of carbonyl (C=O) groups is 2. The molecule has 0 saturated carbocycles. The van der Waals surface area contributed by atoms with Gasteiger partial charge in [-0.05, 0) is 44.0 Å². The molecule has 2 atom stereocenters. The molecule has 0 spiro atoms. The molecule has 2 aromatic rings. The third-order valence-corrected chi connectivity index (χ3v) is 7.30. The van der Waals surface area contributed by atoms with E-state index in [0.29, 0.717) is 22.1 Å². The number of ether oxygens (including phenoxy) is 2. The zero-order chi connectivity index (χ0) is 25.8. The maximum atomic E-state index is 13.6. The van der Waals surface area contributed by atoms with Gasteiger partial charge in [0.15, 0.2) is 11.5 Å². The summed E-state index contributed by atoms with van der Waals surface area (Å²) in [5, 5.41) is 3.32. The number of benzene rings is 2. The zero-order valence-corrected chi connectivity index (χ0v) is 21.7. The fourth-order valence-corrected chi connectivity index (χ4v) is 4.55. The number of nitrogens with one attached hydrogen (secondary N) is 1. The van der Waals surface area contributed by atoms with Crippen LogP contribution in [0.5, 0.6) is 11.5 Å². The van der Waals surface area contributed by atoms with Crippen LogP contribution in [-0.2, 0) is 26.2 Å². The summed E-state index contributed by atoms with van der Waals surface area (Å²) in [5.74, 6) is -0.0180. The van der Waals surface area contributed by atoms with Crippen LogP contribution in [-0.4, -0.2) is 56.8 Å². The average Bonchev–Trinajstić information content (AvgIpc) is 3.28. The Bertz CT molecular complexity index is 1190. The van der Waals surface area contributed by atoms with Gasteiger partial charge in [-0.3, -0.25) is 13.9 Å². The number of halogens is 1. The molecule has 0 fully saturated rings. The molecule has 35 heavy (non-hydrogen) atoms. The van der Waals surface area contributed by atoms with Crippen molar-refractivity contribution < 1.29 is 27.5 Å². The van der Waals surface area contributed by atoms with Crippen LogP contribution in [0.4, 0.5) is 5.69 Å². The van der Waals surface area contributed by atoms with Gasteiger partial charge in [-0.15, -0.1) is 0 Å². The van der Waals surface area contributed by atoms with Crippen LogP contribution in [0.3, 0.4) is 0 Å². The van der Waals surface area contributed by atoms with E-state index in [1.54, 1.807) is 43.3 Å². The summed E-state index contributed by atoms with van der Waals surface area (Å²) in [6.45, 7) is 4.98. The van der Waals surface area contributed by atoms with Gasteiger partial charge in [-0.2, -0.15) is 0 Å². The third-order valence-electron chi connectivity index (χ3n) is 5.79. The molecule has 0 saturated heterocycles. The van der Waals surface area contributed by atoms with Crippen molar-refractivity contribution in [3.63, 3.8) is 0 Å². The minimum Gasteiger partial charge on any atom is -0.454 e. The molecule has 190 valence electrons. The monoisotopic (exact) mass is 523 g/mol. The second-order valence-corrected chi connectivity index (χ2v) is 10.7. The Morgan fingerprint density at radius 3 is 2.46 bits per heavy atom. The van der Waals surface area contributed by atoms with Crippen molar-refractivity contribution in [1.82, 2.24) is 10.2 Å². The molecule has 2 amide bonds. The average molecular weight is 524 g/mol. The fourth-order valence-electron chi connectivity index (χ4n) is 3.51. The van der Waals surface area contributed by atoms with Crippen LogP contribution in [0.15, 0.2) is 42.5 Å². The highest BCUT2D eigenvalue weighted by atomic mass is 35.5. The van der Waals surface area contributed by atoms with Crippen LogP contribution >= 0.6 is 11.6 Å². The van der Waals surface area contributed by atoms with Crippen LogP contribution in [0.2, 0.25) is 5.02 Å². The van der Waals surface area contributed by atoms with Crippen LogP contribution in [0.25, 0.3) is 0 Å². The maximum absolute atomic E-state index is 13.6. The molecule has 0 unspecified atom stereocenters. The van der Waals surface area contributed by atoms with Gasteiger partial charge in [0.2, 0.25) is 28.6 Å². The first kappa shape index (κ1) is 26.6. The quantitative estimate of drug-likeness (QED) is 0.513. The van der Waals surface area contributed by atoms with Gasteiger partial charge in [-0.1, -0.05) is 36.7 Å². The Morgan fingerprint density at radius 2 is 1.80 bits per heavy atom. The van der Waals surface area contributed by atoms with E-state index >= 15 is 0 Å². The minimum atomic E-state index is -3.85. The van der Waals surface area contributed by atoms with Crippen molar-refractivity contribution in [2.75, 3.05) is 23.9 Å². The number of anilines is 1. The predicted octanol–water partition coefficient (Wildman–Crippen LogP) is 3.17. The molecular formula is C24H30ClN3O6S. The van der Waals surface area contributed by atoms with Crippen molar-refractivity contribution in [1.29, 1.82) is 0 Å². The lowest BCUT2D eigenvalue weighted by Gasteiger charge is -2.32. The fraction of sp³-hybridized carbons (Fsp3) is 0.417. The van der Waals surface area contributed by atoms with Gasteiger partial charge in [0, 0.05) is 23.7 Å². The SMILES string of the molecule is CC[C@@H](C)NC(=O)[C@H](C)N(Cc1ccccc1Cl)C(=O)CN(c1ccc2c(c1)OCO2)S(C)(=O)=O. The van der Waals surface area contributed by atoms with E-state index in [-0.39, 0.29) is 31.0 Å². The largest absolute Gasteiger partial charge is 0.454 e. The van der Waals surface area contributed by atoms with Gasteiger partial charge in [0.25, 0.3) is 0 Å². The Morgan fingerprint density at radius 1 is 1.11 bits per heavy atom. The summed E-state index contributed by atoms with van der Waals surface area (Å²) >= 11 is 6.32. The van der Waals surface area contributed by atoms with Crippen LogP contribution in [0, 0.1) is 0 Å². The summed E-state index contributed by atoms with van der Waals surface area (Å²) in [6.07, 6.45) is 1.74. The molecule has 0 aliphatic carbocycles. The molecule has 0 bridgehead atoms. The normalized spacial score (nSPS) is 14.2. The van der Waals surface area contributed by atoms with E-state index in [4.69, 9.17) is 21.1 Å². The van der Waals surface area contributed by atoms with E-state index in [0.717, 1.165) is 17.0 Å². The maximum Gasteiger partial charge on any atom is 0.244 e. The molecule has 1 aliphatic heterocycles. The zero-order valence-electron chi connectivity index (χ0n) is 20.2. The molecule has 1 N–H and O–H groups in total. The number of rotatable bonds is 10. The van der Waals surface area contributed by atoms with E-state index in [1.165, 1.54) is 11.0 Å². The Balaban J connectivity index is 1.92. The lowest BCUT2D eigenvalue weighted by molar-refractivity contribution is -0.139. The van der Waals surface area contributed by atoms with E-state index < -0.39 is 28.5 Å². The van der Waals surface area contributed by atoms with Gasteiger partial charge in [0.1, 0.15) is 12.6 Å². The Hall–Kier alpha value is -2.98. The highest BCUT2D eigenvalue weighted by Gasteiger charge is 2.31. The van der Waals surface area contributed by atoms with Crippen molar-refractivity contribution in [2.45, 2.75) is 45.8 Å². The molecule has 1 heterocycles. The number of sulfonamides is 1. The second-order valence-electron chi connectivity index (χ2n) is 8.41. The van der Waals surface area contributed by atoms with Gasteiger partial charge >= 0.3 is 0 Å². The van der Waals surface area contributed by atoms with Crippen molar-refractivity contribution in [3.05, 3.63) is 53.1 Å². The first-order chi connectivity index (χ1) is 16.5. The summed E-state index contributed by atoms with van der Waals surface area (Å²) in [4.78, 5) is 27.8. The van der Waals surface area contributed by atoms with E-state index in [2.05, 4.69) is 5.32 Å². The lowest BCUT2D eigenvalue weighted by Crippen LogP contribution is -2.52. The molecule has 11 heteroatoms. The second kappa shape index (κ2) is 11.2. The van der Waals surface area contributed by atoms with Crippen molar-refractivity contribution in [2.24, 2.45) is 0 Å². The van der Waals surface area contributed by atoms with Crippen LogP contribution < -0.4 is 19.1 Å². The van der Waals surface area contributed by atoms with Gasteiger partial charge in [-0.25, -0.2) is 8.42 Å². The first-order valence-corrected chi connectivity index (χ1v) is 13.4. The summed E-state index contributed by atoms with van der Waals surface area (Å²) in [5.41, 5.74) is 0.888. The van der Waals surface area contributed by atoms with Gasteiger partial charge < -0.3 is 19.7 Å². The molecular weight excluding hydrogens is 494 g/mol. The minimum absolute atomic E-state index is 0.0328. The molecule has 9 nitrogen and oxygen atoms in total. The summed E-state index contributed by atoms with van der Waals surface area (Å²) in [6, 6.07) is 10.7. The molecule has 0 radical (unpaired) electrons. The number of nitrogens with zero attached hydrogens (tertiary/aromatic N) is 2. The molecule has 3 rings (SSSR count). The predicted molar refractivity (Wildman–Crippen MR) is 134 cm³/mol. The highest BCUT2D eigenvalue weighted by molar-refractivity contribution is 7.92. The lowest BCUT2D eigenvalue weighted by atomic mass is 10.1. The Labute approximate surface area is 211 Å². The van der Waals surface area contributed by atoms with Crippen LogP contribution in [0.1, 0.15) is 32.8 Å². The number of fused-ring (bicyclic) bond motifs is 1. The molecule has 1 aliphatic rings. The van der Waals surface area contributed by atoms with E-state index in [9.17, 15) is 18.0 Å². The highest BCUT2D eigenvalue weighted by Crippen LogP contribution is 2.36. The Kier molecular flexibility index (Phi) is 8.50.